The molecular weight excluding hydrogens is 288 g/mol. The minimum absolute atomic E-state index is 0.0869. The highest BCUT2D eigenvalue weighted by molar-refractivity contribution is 5.79. The molecule has 3 rings (SSSR count). The summed E-state index contributed by atoms with van der Waals surface area (Å²) in [5.74, 6) is 0.350. The van der Waals surface area contributed by atoms with Crippen molar-refractivity contribution in [1.82, 2.24) is 4.90 Å². The molecule has 4 nitrogen and oxygen atoms in total. The summed E-state index contributed by atoms with van der Waals surface area (Å²) >= 11 is 0. The van der Waals surface area contributed by atoms with Gasteiger partial charge in [-0.05, 0) is 37.7 Å². The van der Waals surface area contributed by atoms with E-state index in [4.69, 9.17) is 10.5 Å². The van der Waals surface area contributed by atoms with Gasteiger partial charge in [-0.15, -0.1) is 0 Å². The fraction of sp³-hybridized carbons (Fsp3) is 0.632. The van der Waals surface area contributed by atoms with E-state index in [0.29, 0.717) is 13.1 Å². The van der Waals surface area contributed by atoms with Crippen LogP contribution in [0.3, 0.4) is 0 Å². The normalized spacial score (nSPS) is 27.8. The molecule has 1 aromatic rings. The third-order valence-electron chi connectivity index (χ3n) is 5.04. The lowest BCUT2D eigenvalue weighted by Crippen LogP contribution is -2.43. The van der Waals surface area contributed by atoms with Gasteiger partial charge in [0.2, 0.25) is 5.91 Å². The van der Waals surface area contributed by atoms with Crippen LogP contribution in [0.4, 0.5) is 0 Å². The number of hydrogen-bond acceptors (Lipinski definition) is 3. The van der Waals surface area contributed by atoms with Crippen LogP contribution in [0, 0.1) is 5.92 Å². The Bertz CT molecular complexity index is 499. The van der Waals surface area contributed by atoms with E-state index in [1.807, 2.05) is 23.1 Å². The summed E-state index contributed by atoms with van der Waals surface area (Å²) in [6.45, 7) is 2.21. The van der Waals surface area contributed by atoms with Crippen molar-refractivity contribution in [2.75, 3.05) is 13.2 Å². The van der Waals surface area contributed by atoms with E-state index in [1.54, 1.807) is 0 Å². The van der Waals surface area contributed by atoms with Gasteiger partial charge in [0, 0.05) is 31.7 Å². The first-order chi connectivity index (χ1) is 11.2. The summed E-state index contributed by atoms with van der Waals surface area (Å²) < 4.78 is 5.76. The van der Waals surface area contributed by atoms with Crippen LogP contribution in [0.1, 0.15) is 44.1 Å². The van der Waals surface area contributed by atoms with Gasteiger partial charge in [-0.1, -0.05) is 36.8 Å². The van der Waals surface area contributed by atoms with Crippen LogP contribution in [0.2, 0.25) is 0 Å². The Morgan fingerprint density at radius 1 is 1.17 bits per heavy atom. The van der Waals surface area contributed by atoms with E-state index in [0.717, 1.165) is 45.1 Å². The number of amides is 1. The number of carbonyl (C=O) groups is 1. The van der Waals surface area contributed by atoms with Gasteiger partial charge in [-0.25, -0.2) is 0 Å². The van der Waals surface area contributed by atoms with E-state index in [2.05, 4.69) is 12.1 Å². The molecule has 0 aromatic heterocycles. The van der Waals surface area contributed by atoms with Gasteiger partial charge in [-0.2, -0.15) is 0 Å². The zero-order valence-electron chi connectivity index (χ0n) is 13.8. The molecule has 2 N–H and O–H groups in total. The van der Waals surface area contributed by atoms with Gasteiger partial charge in [0.1, 0.15) is 0 Å². The minimum atomic E-state index is 0.0869. The Morgan fingerprint density at radius 2 is 2.00 bits per heavy atom. The predicted molar refractivity (Wildman–Crippen MR) is 90.8 cm³/mol. The first-order valence-corrected chi connectivity index (χ1v) is 8.92. The predicted octanol–water partition coefficient (Wildman–Crippen LogP) is 2.71. The van der Waals surface area contributed by atoms with Gasteiger partial charge in [0.25, 0.3) is 0 Å². The third kappa shape index (κ3) is 4.55. The van der Waals surface area contributed by atoms with Crippen molar-refractivity contribution in [3.63, 3.8) is 0 Å². The average Bonchev–Trinajstić information content (AvgIpc) is 3.08. The molecule has 1 heterocycles. The van der Waals surface area contributed by atoms with Gasteiger partial charge in [0.05, 0.1) is 6.10 Å². The maximum Gasteiger partial charge on any atom is 0.226 e. The molecule has 1 aliphatic carbocycles. The van der Waals surface area contributed by atoms with Crippen molar-refractivity contribution >= 4 is 5.91 Å². The van der Waals surface area contributed by atoms with Crippen LogP contribution in [0.25, 0.3) is 0 Å². The van der Waals surface area contributed by atoms with Crippen LogP contribution in [0.15, 0.2) is 30.3 Å². The molecule has 3 atom stereocenters. The number of nitrogens with zero attached hydrogens (tertiary/aromatic N) is 1. The second-order valence-corrected chi connectivity index (χ2v) is 6.96. The van der Waals surface area contributed by atoms with Crippen LogP contribution in [0.5, 0.6) is 0 Å². The maximum atomic E-state index is 13.1. The molecule has 2 aliphatic rings. The Labute approximate surface area is 139 Å². The van der Waals surface area contributed by atoms with Crippen molar-refractivity contribution in [3.8, 4) is 0 Å². The topological polar surface area (TPSA) is 55.6 Å². The van der Waals surface area contributed by atoms with Crippen LogP contribution >= 0.6 is 0 Å². The van der Waals surface area contributed by atoms with E-state index in [1.165, 1.54) is 5.56 Å². The number of ether oxygens (including phenoxy) is 1. The molecule has 0 radical (unpaired) electrons. The second-order valence-electron chi connectivity index (χ2n) is 6.96. The first kappa shape index (κ1) is 16.5. The quantitative estimate of drug-likeness (QED) is 0.908. The summed E-state index contributed by atoms with van der Waals surface area (Å²) in [5.41, 5.74) is 7.26. The number of carbonyl (C=O) groups excluding carboxylic acids is 1. The fourth-order valence-corrected chi connectivity index (χ4v) is 3.78. The largest absolute Gasteiger partial charge is 0.376 e. The highest BCUT2D eigenvalue weighted by atomic mass is 16.5. The zero-order chi connectivity index (χ0) is 16.1. The van der Waals surface area contributed by atoms with Gasteiger partial charge < -0.3 is 15.4 Å². The number of benzene rings is 1. The maximum absolute atomic E-state index is 13.1. The Morgan fingerprint density at radius 3 is 2.70 bits per heavy atom. The first-order valence-electron chi connectivity index (χ1n) is 8.92. The molecule has 23 heavy (non-hydrogen) atoms. The summed E-state index contributed by atoms with van der Waals surface area (Å²) in [6.07, 6.45) is 6.28. The molecule has 1 aromatic carbocycles. The molecule has 0 bridgehead atoms. The lowest BCUT2D eigenvalue weighted by Gasteiger charge is -2.32. The SMILES string of the molecule is NC1CCCC(C(=O)N(Cc2ccccc2)CC2CCCO2)C1. The number of hydrogen-bond donors (Lipinski definition) is 1. The second kappa shape index (κ2) is 7.93. The Balaban J connectivity index is 1.69. The van der Waals surface area contributed by atoms with Gasteiger partial charge in [0.15, 0.2) is 0 Å². The highest BCUT2D eigenvalue weighted by Crippen LogP contribution is 2.26. The monoisotopic (exact) mass is 316 g/mol. The lowest BCUT2D eigenvalue weighted by molar-refractivity contribution is -0.139. The molecule has 1 aliphatic heterocycles. The molecule has 2 fully saturated rings. The smallest absolute Gasteiger partial charge is 0.226 e. The molecule has 0 spiro atoms. The summed E-state index contributed by atoms with van der Waals surface area (Å²) in [6, 6.07) is 10.4. The lowest BCUT2D eigenvalue weighted by atomic mass is 9.85. The summed E-state index contributed by atoms with van der Waals surface area (Å²) in [7, 11) is 0. The Kier molecular flexibility index (Phi) is 5.68. The molecule has 4 heteroatoms. The third-order valence-corrected chi connectivity index (χ3v) is 5.04. The molecule has 3 unspecified atom stereocenters. The minimum Gasteiger partial charge on any atom is -0.376 e. The van der Waals surface area contributed by atoms with Crippen molar-refractivity contribution in [2.24, 2.45) is 11.7 Å². The van der Waals surface area contributed by atoms with E-state index >= 15 is 0 Å². The zero-order valence-corrected chi connectivity index (χ0v) is 13.8. The van der Waals surface area contributed by atoms with Crippen molar-refractivity contribution in [2.45, 2.75) is 57.2 Å². The van der Waals surface area contributed by atoms with Gasteiger partial charge in [-0.3, -0.25) is 4.79 Å². The number of nitrogens with two attached hydrogens (primary N) is 1. The van der Waals surface area contributed by atoms with Crippen molar-refractivity contribution in [3.05, 3.63) is 35.9 Å². The molecule has 126 valence electrons. The standard InChI is InChI=1S/C19H28N2O2/c20-17-9-4-8-16(12-17)19(22)21(14-18-10-5-11-23-18)13-15-6-2-1-3-7-15/h1-3,6-7,16-18H,4-5,8-14,20H2. The molecule has 1 amide bonds. The van der Waals surface area contributed by atoms with Crippen LogP contribution < -0.4 is 5.73 Å². The highest BCUT2D eigenvalue weighted by Gasteiger charge is 2.31. The van der Waals surface area contributed by atoms with Gasteiger partial charge >= 0.3 is 0 Å². The molecular formula is C19H28N2O2. The average molecular weight is 316 g/mol. The van der Waals surface area contributed by atoms with Crippen LogP contribution in [-0.4, -0.2) is 36.1 Å². The van der Waals surface area contributed by atoms with E-state index in [9.17, 15) is 4.79 Å². The Hall–Kier alpha value is -1.39. The van der Waals surface area contributed by atoms with Crippen molar-refractivity contribution < 1.29 is 9.53 Å². The summed E-state index contributed by atoms with van der Waals surface area (Å²) in [5, 5.41) is 0. The fourth-order valence-electron chi connectivity index (χ4n) is 3.78. The van der Waals surface area contributed by atoms with Crippen LogP contribution in [-0.2, 0) is 16.1 Å². The van der Waals surface area contributed by atoms with Crippen molar-refractivity contribution in [1.29, 1.82) is 0 Å². The molecule has 1 saturated carbocycles. The summed E-state index contributed by atoms with van der Waals surface area (Å²) in [4.78, 5) is 15.1. The number of rotatable bonds is 5. The van der Waals surface area contributed by atoms with E-state index in [-0.39, 0.29) is 24.0 Å². The molecule has 1 saturated heterocycles. The van der Waals surface area contributed by atoms with E-state index < -0.39 is 0 Å².